The van der Waals surface area contributed by atoms with Gasteiger partial charge in [0.05, 0.1) is 11.6 Å². The first-order valence-electron chi connectivity index (χ1n) is 6.42. The third-order valence-electron chi connectivity index (χ3n) is 3.45. The van der Waals surface area contributed by atoms with E-state index in [9.17, 15) is 14.3 Å². The van der Waals surface area contributed by atoms with E-state index in [4.69, 9.17) is 0 Å². The number of phenols is 1. The van der Waals surface area contributed by atoms with Crippen LogP contribution in [0.25, 0.3) is 0 Å². The van der Waals surface area contributed by atoms with Gasteiger partial charge in [0, 0.05) is 17.1 Å². The molecule has 0 aliphatic rings. The van der Waals surface area contributed by atoms with Crippen molar-refractivity contribution in [2.45, 2.75) is 13.0 Å². The zero-order valence-electron chi connectivity index (χ0n) is 11.7. The maximum Gasteiger partial charge on any atom is 0.257 e. The van der Waals surface area contributed by atoms with Crippen molar-refractivity contribution >= 4 is 21.8 Å². The van der Waals surface area contributed by atoms with Crippen LogP contribution in [0.4, 0.5) is 4.39 Å². The molecule has 0 aromatic heterocycles. The Morgan fingerprint density at radius 1 is 1.29 bits per heavy atom. The van der Waals surface area contributed by atoms with Gasteiger partial charge >= 0.3 is 0 Å². The van der Waals surface area contributed by atoms with Crippen molar-refractivity contribution < 1.29 is 14.3 Å². The SMILES string of the molecule is CC(c1ccccc1F)N(C)C(=O)c1ccc(Br)cc1O. The number of amides is 1. The summed E-state index contributed by atoms with van der Waals surface area (Å²) >= 11 is 3.22. The molecule has 0 aliphatic heterocycles. The average Bonchev–Trinajstić information content (AvgIpc) is 2.45. The zero-order valence-corrected chi connectivity index (χ0v) is 13.3. The van der Waals surface area contributed by atoms with E-state index in [2.05, 4.69) is 15.9 Å². The van der Waals surface area contributed by atoms with Crippen LogP contribution in [0.5, 0.6) is 5.75 Å². The summed E-state index contributed by atoms with van der Waals surface area (Å²) in [4.78, 5) is 13.8. The Morgan fingerprint density at radius 3 is 2.57 bits per heavy atom. The van der Waals surface area contributed by atoms with Crippen LogP contribution in [-0.4, -0.2) is 23.0 Å². The minimum atomic E-state index is -0.443. The van der Waals surface area contributed by atoms with Gasteiger partial charge in [-0.25, -0.2) is 4.39 Å². The van der Waals surface area contributed by atoms with Crippen molar-refractivity contribution in [2.24, 2.45) is 0 Å². The molecule has 0 spiro atoms. The number of carbonyl (C=O) groups is 1. The Hall–Kier alpha value is -1.88. The summed E-state index contributed by atoms with van der Waals surface area (Å²) in [6.07, 6.45) is 0. The molecule has 0 bridgehead atoms. The summed E-state index contributed by atoms with van der Waals surface area (Å²) in [5.41, 5.74) is 0.619. The fraction of sp³-hybridized carbons (Fsp3) is 0.188. The Kier molecular flexibility index (Phi) is 4.63. The number of hydrogen-bond acceptors (Lipinski definition) is 2. The van der Waals surface area contributed by atoms with E-state index in [-0.39, 0.29) is 23.0 Å². The van der Waals surface area contributed by atoms with Crippen molar-refractivity contribution in [3.8, 4) is 5.75 Å². The fourth-order valence-corrected chi connectivity index (χ4v) is 2.42. The number of halogens is 2. The lowest BCUT2D eigenvalue weighted by Crippen LogP contribution is -2.30. The molecular weight excluding hydrogens is 337 g/mol. The third kappa shape index (κ3) is 3.24. The molecular formula is C16H15BrFNO2. The number of benzene rings is 2. The first-order valence-corrected chi connectivity index (χ1v) is 7.21. The fourth-order valence-electron chi connectivity index (χ4n) is 2.07. The molecule has 5 heteroatoms. The van der Waals surface area contributed by atoms with Crippen LogP contribution in [0.1, 0.15) is 28.9 Å². The van der Waals surface area contributed by atoms with Crippen molar-refractivity contribution in [1.82, 2.24) is 4.90 Å². The topological polar surface area (TPSA) is 40.5 Å². The van der Waals surface area contributed by atoms with E-state index in [1.807, 2.05) is 0 Å². The second-order valence-electron chi connectivity index (χ2n) is 4.78. The van der Waals surface area contributed by atoms with Crippen LogP contribution in [0.3, 0.4) is 0 Å². The van der Waals surface area contributed by atoms with E-state index in [1.54, 1.807) is 38.2 Å². The molecule has 0 saturated carbocycles. The van der Waals surface area contributed by atoms with Gasteiger partial charge in [-0.1, -0.05) is 34.1 Å². The molecule has 1 N–H and O–H groups in total. The van der Waals surface area contributed by atoms with Crippen molar-refractivity contribution in [3.63, 3.8) is 0 Å². The maximum atomic E-state index is 13.8. The summed E-state index contributed by atoms with van der Waals surface area (Å²) in [6.45, 7) is 1.74. The lowest BCUT2D eigenvalue weighted by molar-refractivity contribution is 0.0737. The highest BCUT2D eigenvalue weighted by molar-refractivity contribution is 9.10. The predicted octanol–water partition coefficient (Wildman–Crippen LogP) is 4.13. The smallest absolute Gasteiger partial charge is 0.257 e. The molecule has 0 fully saturated rings. The normalized spacial score (nSPS) is 12.0. The van der Waals surface area contributed by atoms with Crippen LogP contribution in [0, 0.1) is 5.82 Å². The monoisotopic (exact) mass is 351 g/mol. The molecule has 0 heterocycles. The lowest BCUT2D eigenvalue weighted by Gasteiger charge is -2.26. The molecule has 110 valence electrons. The van der Waals surface area contributed by atoms with Gasteiger partial charge in [0.25, 0.3) is 5.91 Å². The molecule has 2 rings (SSSR count). The minimum Gasteiger partial charge on any atom is -0.507 e. The van der Waals surface area contributed by atoms with E-state index in [0.29, 0.717) is 10.0 Å². The van der Waals surface area contributed by atoms with Gasteiger partial charge < -0.3 is 10.0 Å². The van der Waals surface area contributed by atoms with Crippen molar-refractivity contribution in [1.29, 1.82) is 0 Å². The van der Waals surface area contributed by atoms with E-state index in [0.717, 1.165) is 0 Å². The maximum absolute atomic E-state index is 13.8. The van der Waals surface area contributed by atoms with Crippen LogP contribution >= 0.6 is 15.9 Å². The van der Waals surface area contributed by atoms with Gasteiger partial charge in [0.15, 0.2) is 0 Å². The number of carbonyl (C=O) groups excluding carboxylic acids is 1. The quantitative estimate of drug-likeness (QED) is 0.903. The third-order valence-corrected chi connectivity index (χ3v) is 3.94. The molecule has 2 aromatic carbocycles. The lowest BCUT2D eigenvalue weighted by atomic mass is 10.1. The summed E-state index contributed by atoms with van der Waals surface area (Å²) < 4.78 is 14.5. The highest BCUT2D eigenvalue weighted by Crippen LogP contribution is 2.27. The van der Waals surface area contributed by atoms with E-state index >= 15 is 0 Å². The van der Waals surface area contributed by atoms with Crippen LogP contribution in [0.15, 0.2) is 46.9 Å². The highest BCUT2D eigenvalue weighted by atomic mass is 79.9. The Balaban J connectivity index is 2.29. The average molecular weight is 352 g/mol. The van der Waals surface area contributed by atoms with Gasteiger partial charge in [0.1, 0.15) is 11.6 Å². The number of phenolic OH excluding ortho intramolecular Hbond substituents is 1. The molecule has 0 aliphatic carbocycles. The first-order chi connectivity index (χ1) is 9.91. The van der Waals surface area contributed by atoms with Crippen molar-refractivity contribution in [3.05, 3.63) is 63.9 Å². The van der Waals surface area contributed by atoms with Crippen LogP contribution in [-0.2, 0) is 0 Å². The molecule has 0 saturated heterocycles. The first kappa shape index (κ1) is 15.5. The second kappa shape index (κ2) is 6.26. The Labute approximate surface area is 131 Å². The van der Waals surface area contributed by atoms with Gasteiger partial charge in [0.2, 0.25) is 0 Å². The summed E-state index contributed by atoms with van der Waals surface area (Å²) in [6, 6.07) is 10.6. The summed E-state index contributed by atoms with van der Waals surface area (Å²) in [5.74, 6) is -0.831. The van der Waals surface area contributed by atoms with Crippen LogP contribution < -0.4 is 0 Å². The molecule has 3 nitrogen and oxygen atoms in total. The molecule has 1 amide bonds. The Bertz CT molecular complexity index is 675. The van der Waals surface area contributed by atoms with Gasteiger partial charge in [-0.2, -0.15) is 0 Å². The van der Waals surface area contributed by atoms with Gasteiger partial charge in [-0.05, 0) is 31.2 Å². The number of hydrogen-bond donors (Lipinski definition) is 1. The molecule has 21 heavy (non-hydrogen) atoms. The standard InChI is InChI=1S/C16H15BrFNO2/c1-10(12-5-3-4-6-14(12)18)19(2)16(21)13-8-7-11(17)9-15(13)20/h3-10,20H,1-2H3. The Morgan fingerprint density at radius 2 is 1.95 bits per heavy atom. The minimum absolute atomic E-state index is 0.109. The van der Waals surface area contributed by atoms with E-state index in [1.165, 1.54) is 23.1 Å². The summed E-state index contributed by atoms with van der Waals surface area (Å²) in [5, 5.41) is 9.87. The van der Waals surface area contributed by atoms with Crippen molar-refractivity contribution in [2.75, 3.05) is 7.05 Å². The largest absolute Gasteiger partial charge is 0.507 e. The molecule has 1 unspecified atom stereocenters. The number of nitrogens with zero attached hydrogens (tertiary/aromatic N) is 1. The zero-order chi connectivity index (χ0) is 15.6. The summed E-state index contributed by atoms with van der Waals surface area (Å²) in [7, 11) is 1.58. The number of rotatable bonds is 3. The van der Waals surface area contributed by atoms with Crippen LogP contribution in [0.2, 0.25) is 0 Å². The van der Waals surface area contributed by atoms with Gasteiger partial charge in [-0.3, -0.25) is 4.79 Å². The highest BCUT2D eigenvalue weighted by Gasteiger charge is 2.23. The van der Waals surface area contributed by atoms with Gasteiger partial charge in [-0.15, -0.1) is 0 Å². The number of aromatic hydroxyl groups is 1. The molecule has 2 aromatic rings. The van der Waals surface area contributed by atoms with E-state index < -0.39 is 6.04 Å². The predicted molar refractivity (Wildman–Crippen MR) is 82.7 cm³/mol. The molecule has 1 atom stereocenters. The molecule has 0 radical (unpaired) electrons. The second-order valence-corrected chi connectivity index (χ2v) is 5.69.